The Morgan fingerprint density at radius 1 is 1.29 bits per heavy atom. The predicted molar refractivity (Wildman–Crippen MR) is 66.4 cm³/mol. The molecule has 17 heavy (non-hydrogen) atoms. The van der Waals surface area contributed by atoms with Crippen LogP contribution in [0.3, 0.4) is 0 Å². The minimum atomic E-state index is -2.82. The van der Waals surface area contributed by atoms with Crippen molar-refractivity contribution in [3.8, 4) is 0 Å². The molecule has 1 aliphatic heterocycles. The van der Waals surface area contributed by atoms with Gasteiger partial charge in [-0.2, -0.15) is 5.10 Å². The highest BCUT2D eigenvalue weighted by Gasteiger charge is 2.18. The van der Waals surface area contributed by atoms with E-state index in [1.807, 2.05) is 6.20 Å². The number of anilines is 1. The second-order valence-electron chi connectivity index (χ2n) is 4.35. The number of nitrogen functional groups attached to an aromatic ring is 1. The summed E-state index contributed by atoms with van der Waals surface area (Å²) in [6.45, 7) is 3.03. The number of hydrogen-bond acceptors (Lipinski definition) is 5. The molecule has 0 unspecified atom stereocenters. The highest BCUT2D eigenvalue weighted by atomic mass is 32.2. The summed E-state index contributed by atoms with van der Waals surface area (Å²) in [6.07, 6.45) is 2.56. The molecule has 1 aromatic heterocycles. The van der Waals surface area contributed by atoms with E-state index in [1.54, 1.807) is 10.7 Å². The van der Waals surface area contributed by atoms with Gasteiger partial charge in [0.25, 0.3) is 0 Å². The van der Waals surface area contributed by atoms with Crippen LogP contribution in [-0.2, 0) is 16.4 Å². The van der Waals surface area contributed by atoms with E-state index in [0.29, 0.717) is 18.1 Å². The molecule has 96 valence electrons. The molecular formula is C10H18N4O2S. The third kappa shape index (κ3) is 3.71. The average Bonchev–Trinajstić information content (AvgIpc) is 2.59. The molecule has 2 heterocycles. The van der Waals surface area contributed by atoms with E-state index in [4.69, 9.17) is 5.73 Å². The number of rotatable bonds is 3. The molecular weight excluding hydrogens is 240 g/mol. The molecule has 0 spiro atoms. The molecule has 0 amide bonds. The van der Waals surface area contributed by atoms with E-state index in [9.17, 15) is 8.42 Å². The standard InChI is InChI=1S/C10H18N4O2S/c11-10-2-4-14(12-10)6-5-13-3-1-8-17(15,16)9-7-13/h2,4H,1,3,5-9H2,(H2,11,12). The van der Waals surface area contributed by atoms with Crippen LogP contribution < -0.4 is 5.73 Å². The van der Waals surface area contributed by atoms with Gasteiger partial charge in [-0.3, -0.25) is 4.68 Å². The van der Waals surface area contributed by atoms with Gasteiger partial charge in [0, 0.05) is 19.3 Å². The molecule has 0 aromatic carbocycles. The van der Waals surface area contributed by atoms with Crippen molar-refractivity contribution < 1.29 is 8.42 Å². The van der Waals surface area contributed by atoms with Gasteiger partial charge in [-0.1, -0.05) is 0 Å². The van der Waals surface area contributed by atoms with Crippen molar-refractivity contribution in [1.29, 1.82) is 0 Å². The van der Waals surface area contributed by atoms with Crippen molar-refractivity contribution in [2.75, 3.05) is 36.9 Å². The Balaban J connectivity index is 1.83. The van der Waals surface area contributed by atoms with Gasteiger partial charge in [-0.05, 0) is 19.0 Å². The van der Waals surface area contributed by atoms with Crippen molar-refractivity contribution >= 4 is 15.7 Å². The smallest absolute Gasteiger partial charge is 0.151 e. The maximum atomic E-state index is 11.4. The molecule has 1 fully saturated rings. The first kappa shape index (κ1) is 12.4. The summed E-state index contributed by atoms with van der Waals surface area (Å²) in [7, 11) is -2.82. The summed E-state index contributed by atoms with van der Waals surface area (Å²) >= 11 is 0. The van der Waals surface area contributed by atoms with E-state index in [2.05, 4.69) is 10.00 Å². The number of nitrogens with two attached hydrogens (primary N) is 1. The summed E-state index contributed by atoms with van der Waals surface area (Å²) in [5.41, 5.74) is 5.52. The van der Waals surface area contributed by atoms with Crippen molar-refractivity contribution in [1.82, 2.24) is 14.7 Å². The Hall–Kier alpha value is -1.08. The first-order valence-corrected chi connectivity index (χ1v) is 7.59. The third-order valence-electron chi connectivity index (χ3n) is 2.95. The van der Waals surface area contributed by atoms with Crippen molar-refractivity contribution in [3.05, 3.63) is 12.3 Å². The zero-order valence-electron chi connectivity index (χ0n) is 9.75. The van der Waals surface area contributed by atoms with E-state index < -0.39 is 9.84 Å². The lowest BCUT2D eigenvalue weighted by atomic mass is 10.4. The SMILES string of the molecule is Nc1ccn(CCN2CCCS(=O)(=O)CC2)n1. The molecule has 6 nitrogen and oxygen atoms in total. The van der Waals surface area contributed by atoms with Gasteiger partial charge in [0.2, 0.25) is 0 Å². The van der Waals surface area contributed by atoms with Crippen LogP contribution in [0.15, 0.2) is 12.3 Å². The predicted octanol–water partition coefficient (Wildman–Crippen LogP) is -0.414. The van der Waals surface area contributed by atoms with Crippen LogP contribution in [-0.4, -0.2) is 54.2 Å². The van der Waals surface area contributed by atoms with Gasteiger partial charge in [-0.15, -0.1) is 0 Å². The lowest BCUT2D eigenvalue weighted by Gasteiger charge is -2.18. The molecule has 7 heteroatoms. The van der Waals surface area contributed by atoms with Crippen LogP contribution in [0.5, 0.6) is 0 Å². The van der Waals surface area contributed by atoms with Gasteiger partial charge < -0.3 is 10.6 Å². The first-order valence-electron chi connectivity index (χ1n) is 5.77. The zero-order chi connectivity index (χ0) is 12.3. The molecule has 0 atom stereocenters. The van der Waals surface area contributed by atoms with Crippen molar-refractivity contribution in [2.24, 2.45) is 0 Å². The van der Waals surface area contributed by atoms with Crippen LogP contribution in [0, 0.1) is 0 Å². The van der Waals surface area contributed by atoms with Gasteiger partial charge in [0.1, 0.15) is 5.82 Å². The minimum Gasteiger partial charge on any atom is -0.382 e. The summed E-state index contributed by atoms with van der Waals surface area (Å²) in [4.78, 5) is 2.17. The third-order valence-corrected chi connectivity index (χ3v) is 4.67. The maximum absolute atomic E-state index is 11.4. The van der Waals surface area contributed by atoms with E-state index in [1.165, 1.54) is 0 Å². The fourth-order valence-electron chi connectivity index (χ4n) is 1.96. The molecule has 2 rings (SSSR count). The zero-order valence-corrected chi connectivity index (χ0v) is 10.6. The highest BCUT2D eigenvalue weighted by molar-refractivity contribution is 7.91. The van der Waals surface area contributed by atoms with Crippen LogP contribution in [0.4, 0.5) is 5.82 Å². The monoisotopic (exact) mass is 258 g/mol. The Kier molecular flexibility index (Phi) is 3.68. The van der Waals surface area contributed by atoms with Crippen LogP contribution >= 0.6 is 0 Å². The van der Waals surface area contributed by atoms with Crippen LogP contribution in [0.2, 0.25) is 0 Å². The number of sulfone groups is 1. The lowest BCUT2D eigenvalue weighted by molar-refractivity contribution is 0.278. The highest BCUT2D eigenvalue weighted by Crippen LogP contribution is 2.05. The largest absolute Gasteiger partial charge is 0.382 e. The summed E-state index contributed by atoms with van der Waals surface area (Å²) in [5.74, 6) is 1.11. The Morgan fingerprint density at radius 3 is 2.82 bits per heavy atom. The summed E-state index contributed by atoms with van der Waals surface area (Å²) in [5, 5.41) is 4.10. The van der Waals surface area contributed by atoms with Crippen molar-refractivity contribution in [3.63, 3.8) is 0 Å². The normalized spacial score (nSPS) is 21.2. The van der Waals surface area contributed by atoms with Gasteiger partial charge >= 0.3 is 0 Å². The molecule has 1 saturated heterocycles. The quantitative estimate of drug-likeness (QED) is 0.797. The molecule has 1 aliphatic rings. The molecule has 0 radical (unpaired) electrons. The fraction of sp³-hybridized carbons (Fsp3) is 0.700. The number of nitrogens with zero attached hydrogens (tertiary/aromatic N) is 3. The minimum absolute atomic E-state index is 0.272. The molecule has 0 bridgehead atoms. The lowest BCUT2D eigenvalue weighted by Crippen LogP contribution is -2.30. The molecule has 0 aliphatic carbocycles. The van der Waals surface area contributed by atoms with Gasteiger partial charge in [0.05, 0.1) is 18.1 Å². The summed E-state index contributed by atoms with van der Waals surface area (Å²) < 4.78 is 24.7. The van der Waals surface area contributed by atoms with Gasteiger partial charge in [0.15, 0.2) is 9.84 Å². The van der Waals surface area contributed by atoms with E-state index >= 15 is 0 Å². The second kappa shape index (κ2) is 5.05. The van der Waals surface area contributed by atoms with Crippen LogP contribution in [0.1, 0.15) is 6.42 Å². The molecule has 2 N–H and O–H groups in total. The number of aromatic nitrogens is 2. The second-order valence-corrected chi connectivity index (χ2v) is 6.65. The Labute approximate surface area is 101 Å². The topological polar surface area (TPSA) is 81.2 Å². The molecule has 0 saturated carbocycles. The van der Waals surface area contributed by atoms with Crippen LogP contribution in [0.25, 0.3) is 0 Å². The first-order chi connectivity index (χ1) is 8.05. The van der Waals surface area contributed by atoms with Crippen molar-refractivity contribution in [2.45, 2.75) is 13.0 Å². The van der Waals surface area contributed by atoms with E-state index in [0.717, 1.165) is 26.1 Å². The maximum Gasteiger partial charge on any atom is 0.151 e. The fourth-order valence-corrected chi connectivity index (χ4v) is 3.27. The Bertz CT molecular complexity index is 468. The summed E-state index contributed by atoms with van der Waals surface area (Å²) in [6, 6.07) is 1.76. The average molecular weight is 258 g/mol. The molecule has 1 aromatic rings. The van der Waals surface area contributed by atoms with Gasteiger partial charge in [-0.25, -0.2) is 8.42 Å². The number of hydrogen-bond donors (Lipinski definition) is 1. The Morgan fingerprint density at radius 2 is 2.12 bits per heavy atom. The van der Waals surface area contributed by atoms with E-state index in [-0.39, 0.29) is 5.75 Å².